The number of anilines is 2. The van der Waals surface area contributed by atoms with E-state index in [-0.39, 0.29) is 0 Å². The maximum Gasteiger partial charge on any atom is 0.0559 e. The van der Waals surface area contributed by atoms with Gasteiger partial charge in [0.05, 0.1) is 11.9 Å². The van der Waals surface area contributed by atoms with Crippen LogP contribution in [0.3, 0.4) is 0 Å². The van der Waals surface area contributed by atoms with E-state index >= 15 is 0 Å². The summed E-state index contributed by atoms with van der Waals surface area (Å²) >= 11 is 0. The van der Waals surface area contributed by atoms with E-state index in [2.05, 4.69) is 46.4 Å². The zero-order valence-corrected chi connectivity index (χ0v) is 12.0. The van der Waals surface area contributed by atoms with Gasteiger partial charge in [0, 0.05) is 31.5 Å². The molecule has 20 heavy (non-hydrogen) atoms. The van der Waals surface area contributed by atoms with Crippen LogP contribution in [0.15, 0.2) is 42.7 Å². The molecule has 0 amide bonds. The molecule has 1 aliphatic rings. The molecule has 0 bridgehead atoms. The third-order valence-electron chi connectivity index (χ3n) is 3.93. The Bertz CT molecular complexity index is 557. The summed E-state index contributed by atoms with van der Waals surface area (Å²) in [6.45, 7) is 5.34. The van der Waals surface area contributed by atoms with Gasteiger partial charge in [-0.3, -0.25) is 4.98 Å². The molecule has 0 unspecified atom stereocenters. The second-order valence-corrected chi connectivity index (χ2v) is 5.40. The molecule has 3 nitrogen and oxygen atoms in total. The van der Waals surface area contributed by atoms with Gasteiger partial charge < -0.3 is 10.2 Å². The van der Waals surface area contributed by atoms with Crippen molar-refractivity contribution in [1.29, 1.82) is 0 Å². The van der Waals surface area contributed by atoms with Crippen molar-refractivity contribution in [3.8, 4) is 0 Å². The number of aryl methyl sites for hydroxylation is 1. The molecule has 1 aromatic heterocycles. The predicted molar refractivity (Wildman–Crippen MR) is 84.2 cm³/mol. The summed E-state index contributed by atoms with van der Waals surface area (Å²) in [6.07, 6.45) is 6.35. The Morgan fingerprint density at radius 1 is 1.10 bits per heavy atom. The van der Waals surface area contributed by atoms with E-state index in [1.807, 2.05) is 18.5 Å². The molecule has 3 heteroatoms. The van der Waals surface area contributed by atoms with Crippen molar-refractivity contribution in [3.05, 3.63) is 53.9 Å². The number of rotatable bonds is 4. The average molecular weight is 267 g/mol. The molecule has 1 saturated heterocycles. The number of nitrogens with zero attached hydrogens (tertiary/aromatic N) is 2. The Morgan fingerprint density at radius 2 is 1.85 bits per heavy atom. The van der Waals surface area contributed by atoms with Crippen molar-refractivity contribution in [3.63, 3.8) is 0 Å². The van der Waals surface area contributed by atoms with Crippen molar-refractivity contribution in [2.24, 2.45) is 0 Å². The van der Waals surface area contributed by atoms with Gasteiger partial charge in [-0.05, 0) is 49.1 Å². The van der Waals surface area contributed by atoms with Gasteiger partial charge in [0.25, 0.3) is 0 Å². The van der Waals surface area contributed by atoms with Gasteiger partial charge in [0.15, 0.2) is 0 Å². The first-order valence-electron chi connectivity index (χ1n) is 7.31. The Balaban J connectivity index is 1.62. The largest absolute Gasteiger partial charge is 0.380 e. The minimum atomic E-state index is 0.840. The van der Waals surface area contributed by atoms with Crippen LogP contribution in [0, 0.1) is 6.92 Å². The van der Waals surface area contributed by atoms with Gasteiger partial charge in [0.1, 0.15) is 0 Å². The van der Waals surface area contributed by atoms with Gasteiger partial charge in [-0.2, -0.15) is 0 Å². The lowest BCUT2D eigenvalue weighted by molar-refractivity contribution is 0.949. The minimum Gasteiger partial charge on any atom is -0.380 e. The number of hydrogen-bond acceptors (Lipinski definition) is 3. The topological polar surface area (TPSA) is 28.2 Å². The van der Waals surface area contributed by atoms with Crippen LogP contribution in [0.5, 0.6) is 0 Å². The monoisotopic (exact) mass is 267 g/mol. The normalized spacial score (nSPS) is 14.6. The lowest BCUT2D eigenvalue weighted by atomic mass is 10.2. The summed E-state index contributed by atoms with van der Waals surface area (Å²) in [5.41, 5.74) is 4.99. The molecule has 1 fully saturated rings. The number of aromatic nitrogens is 1. The fraction of sp³-hybridized carbons (Fsp3) is 0.353. The molecule has 0 aliphatic carbocycles. The molecule has 1 N–H and O–H groups in total. The van der Waals surface area contributed by atoms with Gasteiger partial charge in [0.2, 0.25) is 0 Å². The molecule has 3 rings (SSSR count). The molecular formula is C17H21N3. The maximum atomic E-state index is 4.16. The van der Waals surface area contributed by atoms with Gasteiger partial charge in [-0.15, -0.1) is 0 Å². The van der Waals surface area contributed by atoms with E-state index < -0.39 is 0 Å². The van der Waals surface area contributed by atoms with Crippen LogP contribution < -0.4 is 10.2 Å². The molecule has 2 aromatic rings. The summed E-state index contributed by atoms with van der Waals surface area (Å²) in [7, 11) is 0. The zero-order valence-electron chi connectivity index (χ0n) is 12.0. The predicted octanol–water partition coefficient (Wildman–Crippen LogP) is 3.60. The second kappa shape index (κ2) is 5.95. The first-order valence-corrected chi connectivity index (χ1v) is 7.31. The molecule has 2 heterocycles. The number of nitrogens with one attached hydrogen (secondary N) is 1. The summed E-state index contributed by atoms with van der Waals surface area (Å²) in [5, 5.41) is 3.44. The van der Waals surface area contributed by atoms with Crippen LogP contribution in [0.1, 0.15) is 24.0 Å². The van der Waals surface area contributed by atoms with Crippen molar-refractivity contribution < 1.29 is 0 Å². The third kappa shape index (κ3) is 2.93. The zero-order chi connectivity index (χ0) is 13.8. The van der Waals surface area contributed by atoms with Gasteiger partial charge in [-0.25, -0.2) is 0 Å². The lowest BCUT2D eigenvalue weighted by Gasteiger charge is -2.18. The van der Waals surface area contributed by atoms with E-state index in [1.54, 1.807) is 0 Å². The lowest BCUT2D eigenvalue weighted by Crippen LogP contribution is -2.17. The molecule has 0 radical (unpaired) electrons. The fourth-order valence-electron chi connectivity index (χ4n) is 2.65. The van der Waals surface area contributed by atoms with E-state index in [4.69, 9.17) is 0 Å². The average Bonchev–Trinajstić information content (AvgIpc) is 3.01. The molecule has 0 saturated carbocycles. The Kier molecular flexibility index (Phi) is 3.86. The second-order valence-electron chi connectivity index (χ2n) is 5.40. The molecular weight excluding hydrogens is 246 g/mol. The highest BCUT2D eigenvalue weighted by atomic mass is 15.1. The Hall–Kier alpha value is -2.03. The minimum absolute atomic E-state index is 0.840. The van der Waals surface area contributed by atoms with Gasteiger partial charge >= 0.3 is 0 Å². The highest BCUT2D eigenvalue weighted by molar-refractivity contribution is 5.51. The smallest absolute Gasteiger partial charge is 0.0559 e. The quantitative estimate of drug-likeness (QED) is 0.917. The number of hydrogen-bond donors (Lipinski definition) is 1. The SMILES string of the molecule is Cc1ccncc1NCc1ccc(N2CCCC2)cc1. The summed E-state index contributed by atoms with van der Waals surface area (Å²) < 4.78 is 0. The highest BCUT2D eigenvalue weighted by Crippen LogP contribution is 2.21. The number of pyridine rings is 1. The van der Waals surface area contributed by atoms with E-state index in [9.17, 15) is 0 Å². The standard InChI is InChI=1S/C17H21N3/c1-14-8-9-18-13-17(14)19-12-15-4-6-16(7-5-15)20-10-2-3-11-20/h4-9,13,19H,2-3,10-12H2,1H3. The van der Waals surface area contributed by atoms with E-state index in [0.717, 1.165) is 12.2 Å². The molecule has 0 spiro atoms. The van der Waals surface area contributed by atoms with Crippen LogP contribution in [0.2, 0.25) is 0 Å². The first kappa shape index (κ1) is 13.0. The summed E-state index contributed by atoms with van der Waals surface area (Å²) in [4.78, 5) is 6.62. The summed E-state index contributed by atoms with van der Waals surface area (Å²) in [6, 6.07) is 10.9. The molecule has 0 atom stereocenters. The Labute approximate surface area is 120 Å². The summed E-state index contributed by atoms with van der Waals surface area (Å²) in [5.74, 6) is 0. The third-order valence-corrected chi connectivity index (χ3v) is 3.93. The Morgan fingerprint density at radius 3 is 2.55 bits per heavy atom. The van der Waals surface area contributed by atoms with Crippen LogP contribution in [-0.2, 0) is 6.54 Å². The van der Waals surface area contributed by atoms with E-state index in [0.29, 0.717) is 0 Å². The van der Waals surface area contributed by atoms with Crippen molar-refractivity contribution >= 4 is 11.4 Å². The van der Waals surface area contributed by atoms with Crippen LogP contribution >= 0.6 is 0 Å². The van der Waals surface area contributed by atoms with Crippen molar-refractivity contribution in [2.45, 2.75) is 26.3 Å². The first-order chi connectivity index (χ1) is 9.83. The molecule has 1 aromatic carbocycles. The van der Waals surface area contributed by atoms with Crippen LogP contribution in [0.4, 0.5) is 11.4 Å². The molecule has 104 valence electrons. The maximum absolute atomic E-state index is 4.16. The molecule has 1 aliphatic heterocycles. The van der Waals surface area contributed by atoms with Crippen molar-refractivity contribution in [1.82, 2.24) is 4.98 Å². The number of benzene rings is 1. The highest BCUT2D eigenvalue weighted by Gasteiger charge is 2.11. The van der Waals surface area contributed by atoms with E-state index in [1.165, 1.54) is 42.7 Å². The fourth-order valence-corrected chi connectivity index (χ4v) is 2.65. The van der Waals surface area contributed by atoms with Crippen LogP contribution in [0.25, 0.3) is 0 Å². The van der Waals surface area contributed by atoms with Crippen molar-refractivity contribution in [2.75, 3.05) is 23.3 Å². The van der Waals surface area contributed by atoms with Gasteiger partial charge in [-0.1, -0.05) is 12.1 Å². The van der Waals surface area contributed by atoms with Crippen LogP contribution in [-0.4, -0.2) is 18.1 Å².